The van der Waals surface area contributed by atoms with Gasteiger partial charge in [0.25, 0.3) is 0 Å². The fraction of sp³-hybridized carbons (Fsp3) is 0.667. The quantitative estimate of drug-likeness (QED) is 0.808. The number of hydrogen-bond donors (Lipinski definition) is 0. The predicted molar refractivity (Wildman–Crippen MR) is 75.8 cm³/mol. The van der Waals surface area contributed by atoms with Crippen LogP contribution in [0, 0.1) is 5.92 Å². The summed E-state index contributed by atoms with van der Waals surface area (Å²) in [6.07, 6.45) is -2.49. The van der Waals surface area contributed by atoms with E-state index in [2.05, 4.69) is 9.88 Å². The van der Waals surface area contributed by atoms with Crippen LogP contribution in [0.5, 0.6) is 5.88 Å². The van der Waals surface area contributed by atoms with Crippen molar-refractivity contribution in [3.8, 4) is 5.88 Å². The molecule has 0 saturated carbocycles. The van der Waals surface area contributed by atoms with Crippen molar-refractivity contribution in [2.24, 2.45) is 5.92 Å². The Balaban J connectivity index is 1.77. The summed E-state index contributed by atoms with van der Waals surface area (Å²) >= 11 is 0. The van der Waals surface area contributed by atoms with Crippen molar-refractivity contribution in [2.45, 2.75) is 19.0 Å². The number of piperidine rings is 1. The number of hydrogen-bond acceptors (Lipinski definition) is 4. The van der Waals surface area contributed by atoms with Crippen LogP contribution < -0.4 is 4.74 Å². The zero-order valence-corrected chi connectivity index (χ0v) is 12.6. The first-order valence-corrected chi connectivity index (χ1v) is 7.37. The Morgan fingerprint density at radius 3 is 2.64 bits per heavy atom. The molecule has 0 amide bonds. The largest absolute Gasteiger partial charge is 0.477 e. The van der Waals surface area contributed by atoms with Crippen LogP contribution in [0.2, 0.25) is 0 Å². The van der Waals surface area contributed by atoms with E-state index in [0.717, 1.165) is 45.1 Å². The number of rotatable bonds is 6. The Morgan fingerprint density at radius 1 is 1.27 bits per heavy atom. The number of nitrogens with zero attached hydrogens (tertiary/aromatic N) is 2. The van der Waals surface area contributed by atoms with Gasteiger partial charge in [-0.05, 0) is 37.9 Å². The number of alkyl halides is 3. The monoisotopic (exact) mass is 318 g/mol. The van der Waals surface area contributed by atoms with Gasteiger partial charge < -0.3 is 14.4 Å². The SMILES string of the molecule is COCCN1CCC(COc2cccc(C(F)(F)F)n2)CC1. The van der Waals surface area contributed by atoms with Gasteiger partial charge in [0.1, 0.15) is 5.69 Å². The smallest absolute Gasteiger partial charge is 0.433 e. The molecule has 1 aromatic heterocycles. The molecule has 1 saturated heterocycles. The zero-order chi connectivity index (χ0) is 16.0. The van der Waals surface area contributed by atoms with Crippen LogP contribution in [0.15, 0.2) is 18.2 Å². The normalized spacial score (nSPS) is 17.6. The lowest BCUT2D eigenvalue weighted by molar-refractivity contribution is -0.141. The van der Waals surface area contributed by atoms with Crippen molar-refractivity contribution in [1.29, 1.82) is 0 Å². The lowest BCUT2D eigenvalue weighted by Crippen LogP contribution is -2.37. The second-order valence-electron chi connectivity index (χ2n) is 5.45. The van der Waals surface area contributed by atoms with E-state index in [0.29, 0.717) is 12.5 Å². The van der Waals surface area contributed by atoms with Crippen LogP contribution in [0.4, 0.5) is 13.2 Å². The number of likely N-dealkylation sites (tertiary alicyclic amines) is 1. The van der Waals surface area contributed by atoms with Gasteiger partial charge >= 0.3 is 6.18 Å². The maximum absolute atomic E-state index is 12.6. The lowest BCUT2D eigenvalue weighted by Gasteiger charge is -2.31. The molecule has 1 fully saturated rings. The molecular formula is C15H21F3N2O2. The highest BCUT2D eigenvalue weighted by Crippen LogP contribution is 2.28. The molecule has 1 aliphatic heterocycles. The summed E-state index contributed by atoms with van der Waals surface area (Å²) in [5.41, 5.74) is -0.917. The average molecular weight is 318 g/mol. The highest BCUT2D eigenvalue weighted by atomic mass is 19.4. The molecule has 0 unspecified atom stereocenters. The minimum atomic E-state index is -4.44. The van der Waals surface area contributed by atoms with Gasteiger partial charge in [-0.15, -0.1) is 0 Å². The van der Waals surface area contributed by atoms with Crippen molar-refractivity contribution in [2.75, 3.05) is 40.0 Å². The van der Waals surface area contributed by atoms with E-state index in [1.165, 1.54) is 12.1 Å². The molecule has 1 aromatic rings. The van der Waals surface area contributed by atoms with E-state index >= 15 is 0 Å². The Bertz CT molecular complexity index is 460. The minimum absolute atomic E-state index is 0.0386. The lowest BCUT2D eigenvalue weighted by atomic mass is 9.98. The van der Waals surface area contributed by atoms with Crippen LogP contribution in [-0.2, 0) is 10.9 Å². The van der Waals surface area contributed by atoms with E-state index in [1.54, 1.807) is 7.11 Å². The minimum Gasteiger partial charge on any atom is -0.477 e. The molecule has 0 aliphatic carbocycles. The molecular weight excluding hydrogens is 297 g/mol. The van der Waals surface area contributed by atoms with Crippen molar-refractivity contribution in [1.82, 2.24) is 9.88 Å². The van der Waals surface area contributed by atoms with Gasteiger partial charge in [-0.2, -0.15) is 13.2 Å². The molecule has 0 N–H and O–H groups in total. The van der Waals surface area contributed by atoms with E-state index in [-0.39, 0.29) is 5.88 Å². The first-order valence-electron chi connectivity index (χ1n) is 7.37. The maximum Gasteiger partial charge on any atom is 0.433 e. The fourth-order valence-electron chi connectivity index (χ4n) is 2.45. The molecule has 2 rings (SSSR count). The molecule has 22 heavy (non-hydrogen) atoms. The fourth-order valence-corrected chi connectivity index (χ4v) is 2.45. The van der Waals surface area contributed by atoms with Crippen LogP contribution in [0.3, 0.4) is 0 Å². The second-order valence-corrected chi connectivity index (χ2v) is 5.45. The predicted octanol–water partition coefficient (Wildman–Crippen LogP) is 2.84. The second kappa shape index (κ2) is 7.78. The molecule has 0 bridgehead atoms. The molecule has 0 spiro atoms. The Labute approximate surface area is 128 Å². The average Bonchev–Trinajstić information content (AvgIpc) is 2.51. The summed E-state index contributed by atoms with van der Waals surface area (Å²) in [4.78, 5) is 5.83. The molecule has 0 radical (unpaired) electrons. The van der Waals surface area contributed by atoms with E-state index in [1.807, 2.05) is 0 Å². The third kappa shape index (κ3) is 5.14. The summed E-state index contributed by atoms with van der Waals surface area (Å²) in [6.45, 7) is 3.97. The molecule has 0 atom stereocenters. The van der Waals surface area contributed by atoms with E-state index in [4.69, 9.17) is 9.47 Å². The number of ether oxygens (including phenoxy) is 2. The summed E-state index contributed by atoms with van der Waals surface area (Å²) in [5.74, 6) is 0.395. The molecule has 4 nitrogen and oxygen atoms in total. The van der Waals surface area contributed by atoms with Gasteiger partial charge in [0, 0.05) is 19.7 Å². The number of aromatic nitrogens is 1. The van der Waals surface area contributed by atoms with Crippen molar-refractivity contribution >= 4 is 0 Å². The van der Waals surface area contributed by atoms with Gasteiger partial charge in [-0.25, -0.2) is 4.98 Å². The highest BCUT2D eigenvalue weighted by molar-refractivity contribution is 5.17. The van der Waals surface area contributed by atoms with Crippen LogP contribution in [-0.4, -0.2) is 49.8 Å². The molecule has 0 aromatic carbocycles. The number of pyridine rings is 1. The highest BCUT2D eigenvalue weighted by Gasteiger charge is 2.32. The molecule has 124 valence electrons. The zero-order valence-electron chi connectivity index (χ0n) is 12.6. The summed E-state index contributed by atoms with van der Waals surface area (Å²) < 4.78 is 48.2. The standard InChI is InChI=1S/C15H21F3N2O2/c1-21-10-9-20-7-5-12(6-8-20)11-22-14-4-2-3-13(19-14)15(16,17)18/h2-4,12H,5-11H2,1H3. The third-order valence-corrected chi connectivity index (χ3v) is 3.80. The first-order chi connectivity index (χ1) is 10.5. The molecule has 2 heterocycles. The van der Waals surface area contributed by atoms with Crippen LogP contribution >= 0.6 is 0 Å². The molecule has 1 aliphatic rings. The van der Waals surface area contributed by atoms with Gasteiger partial charge in [0.15, 0.2) is 0 Å². The van der Waals surface area contributed by atoms with E-state index < -0.39 is 11.9 Å². The van der Waals surface area contributed by atoms with Crippen LogP contribution in [0.1, 0.15) is 18.5 Å². The Hall–Kier alpha value is -1.34. The van der Waals surface area contributed by atoms with Crippen LogP contribution in [0.25, 0.3) is 0 Å². The summed E-state index contributed by atoms with van der Waals surface area (Å²) in [6, 6.07) is 3.72. The van der Waals surface area contributed by atoms with Crippen molar-refractivity contribution < 1.29 is 22.6 Å². The van der Waals surface area contributed by atoms with Gasteiger partial charge in [0.05, 0.1) is 13.2 Å². The summed E-state index contributed by atoms with van der Waals surface area (Å²) in [7, 11) is 1.68. The maximum atomic E-state index is 12.6. The van der Waals surface area contributed by atoms with Crippen molar-refractivity contribution in [3.63, 3.8) is 0 Å². The van der Waals surface area contributed by atoms with Gasteiger partial charge in [-0.3, -0.25) is 0 Å². The number of halogens is 3. The number of methoxy groups -OCH3 is 1. The van der Waals surface area contributed by atoms with Gasteiger partial charge in [-0.1, -0.05) is 6.07 Å². The van der Waals surface area contributed by atoms with Crippen molar-refractivity contribution in [3.05, 3.63) is 23.9 Å². The first kappa shape index (κ1) is 17.0. The van der Waals surface area contributed by atoms with Gasteiger partial charge in [0.2, 0.25) is 5.88 Å². The third-order valence-electron chi connectivity index (χ3n) is 3.80. The van der Waals surface area contributed by atoms with E-state index in [9.17, 15) is 13.2 Å². The Morgan fingerprint density at radius 2 is 2.00 bits per heavy atom. The molecule has 7 heteroatoms. The summed E-state index contributed by atoms with van der Waals surface area (Å²) in [5, 5.41) is 0. The Kier molecular flexibility index (Phi) is 6.02. The topological polar surface area (TPSA) is 34.6 Å².